The zero-order valence-electron chi connectivity index (χ0n) is 56.5. The van der Waals surface area contributed by atoms with Crippen LogP contribution < -0.4 is 20.9 Å². The van der Waals surface area contributed by atoms with Gasteiger partial charge in [0.05, 0.1) is 110 Å². The molecule has 8 heterocycles. The summed E-state index contributed by atoms with van der Waals surface area (Å²) < 4.78 is 111. The largest absolute Gasteiger partial charge is 0.445 e. The normalized spacial score (nSPS) is 22.5. The van der Waals surface area contributed by atoms with Crippen LogP contribution in [0.25, 0.3) is 22.3 Å². The van der Waals surface area contributed by atoms with E-state index in [9.17, 15) is 51.7 Å². The number of H-pyrrole nitrogens is 1. The van der Waals surface area contributed by atoms with Crippen molar-refractivity contribution in [3.8, 4) is 0 Å². The third kappa shape index (κ3) is 21.1. The fourth-order valence-electron chi connectivity index (χ4n) is 11.3. The molecule has 35 nitrogen and oxygen atoms in total. The van der Waals surface area contributed by atoms with Crippen LogP contribution in [0.2, 0.25) is 0 Å². The molecular weight excluding hydrogens is 1420 g/mol. The molecular formula is C64H79FN13O22PS2. The number of anilines is 1. The lowest BCUT2D eigenvalue weighted by molar-refractivity contribution is -0.137. The lowest BCUT2D eigenvalue weighted by Crippen LogP contribution is -2.44. The van der Waals surface area contributed by atoms with Gasteiger partial charge in [-0.25, -0.2) is 33.3 Å². The first-order valence-electron chi connectivity index (χ1n) is 32.9. The van der Waals surface area contributed by atoms with Crippen molar-refractivity contribution in [3.63, 3.8) is 0 Å². The summed E-state index contributed by atoms with van der Waals surface area (Å²) in [5.74, 6) is -3.53. The Labute approximate surface area is 594 Å². The number of benzene rings is 2. The second kappa shape index (κ2) is 36.0. The van der Waals surface area contributed by atoms with Gasteiger partial charge in [-0.1, -0.05) is 56.3 Å². The highest BCUT2D eigenvalue weighted by Gasteiger charge is 2.51. The number of nitrogens with one attached hydrogen (secondary N) is 4. The van der Waals surface area contributed by atoms with Crippen molar-refractivity contribution >= 4 is 98.4 Å². The minimum Gasteiger partial charge on any atom is -0.445 e. The summed E-state index contributed by atoms with van der Waals surface area (Å²) in [7, 11) is -3.28. The van der Waals surface area contributed by atoms with Crippen molar-refractivity contribution in [2.24, 2.45) is 11.8 Å². The predicted octanol–water partition coefficient (Wildman–Crippen LogP) is 2.60. The summed E-state index contributed by atoms with van der Waals surface area (Å²) in [6.45, 7) is 2.63. The first kappa shape index (κ1) is 77.4. The number of alkyl halides is 1. The van der Waals surface area contributed by atoms with Gasteiger partial charge < -0.3 is 57.5 Å². The van der Waals surface area contributed by atoms with Gasteiger partial charge in [0.25, 0.3) is 23.3 Å². The number of ether oxygens (including phenoxy) is 8. The molecule has 39 heteroatoms. The molecule has 3 fully saturated rings. The van der Waals surface area contributed by atoms with Crippen molar-refractivity contribution in [1.29, 1.82) is 0 Å². The summed E-state index contributed by atoms with van der Waals surface area (Å²) in [6, 6.07) is 12.3. The Bertz CT molecular complexity index is 4250. The van der Waals surface area contributed by atoms with Crippen molar-refractivity contribution in [2.75, 3.05) is 98.1 Å². The van der Waals surface area contributed by atoms with Gasteiger partial charge in [-0.2, -0.15) is 18.1 Å². The fraction of sp³-hybridized carbons (Fsp3) is 0.516. The van der Waals surface area contributed by atoms with Crippen LogP contribution in [0.4, 0.5) is 15.1 Å². The van der Waals surface area contributed by atoms with E-state index in [4.69, 9.17) is 62.9 Å². The Kier molecular flexibility index (Phi) is 27.1. The summed E-state index contributed by atoms with van der Waals surface area (Å²) in [6.07, 6.45) is -3.79. The van der Waals surface area contributed by atoms with Crippen LogP contribution in [0.5, 0.6) is 0 Å². The van der Waals surface area contributed by atoms with Gasteiger partial charge in [-0.05, 0) is 47.4 Å². The molecule has 103 heavy (non-hydrogen) atoms. The molecule has 5 N–H and O–H groups in total. The average molecular weight is 1500 g/mol. The smallest absolute Gasteiger partial charge is 0.410 e. The molecule has 0 aliphatic carbocycles. The molecule has 4 aromatic heterocycles. The van der Waals surface area contributed by atoms with Crippen molar-refractivity contribution in [2.45, 2.75) is 109 Å². The second-order valence-electron chi connectivity index (χ2n) is 24.6. The maximum Gasteiger partial charge on any atom is 0.410 e. The second-order valence-corrected chi connectivity index (χ2v) is 28.7. The van der Waals surface area contributed by atoms with Crippen LogP contribution in [0.1, 0.15) is 79.5 Å². The summed E-state index contributed by atoms with van der Waals surface area (Å²) >= 11 is 5.30. The first-order valence-corrected chi connectivity index (χ1v) is 36.9. The molecule has 3 saturated heterocycles. The highest BCUT2D eigenvalue weighted by atomic mass is 32.5. The van der Waals surface area contributed by atoms with E-state index in [0.717, 1.165) is 11.2 Å². The van der Waals surface area contributed by atoms with E-state index >= 15 is 4.39 Å². The summed E-state index contributed by atoms with van der Waals surface area (Å²) in [5.41, 5.74) is 0.993. The molecule has 2 aromatic carbocycles. The maximum atomic E-state index is 16.3. The molecule has 0 saturated carbocycles. The standard InChI is InChI=1S/C64H79FN13O22PS2/c1-38(2)46(28-43(79)15-17-90-19-21-92-23-25-94-26-24-93-22-20-91-18-16-76-51(81)13-14-52(76)82)59(84)71-39(3)48(80)27-40-9-11-41(12-10-40)33-95-64(86)75(4)32-42-7-5-6-8-45(42)58(83)73-63-72-57-54(60(85)74-63)69-37-78(57)61-49-29-44(97-61)34-96-101(87,102)99-55-50(31-70-103(88,89)100-49)98-62(53(55)65)77-36-68-47-30-66-35-67-56(47)77/h5-14,30,35-39,44,46,49-50,53,55,61-62,70H,15-29,31-34H2,1-4H3,(H,71,84)(H,87,102)(H2,72,73,74,83,85)/t39-,44-,46-,49+,50+,53+,55+,61+,62+,101?/m0/s1. The molecule has 6 aromatic rings. The lowest BCUT2D eigenvalue weighted by Gasteiger charge is -2.26. The maximum absolute atomic E-state index is 16.3. The number of nitrogens with zero attached hydrogens (tertiary/aromatic N) is 9. The number of ketones is 2. The number of aromatic nitrogens is 8. The number of halogens is 1. The van der Waals surface area contributed by atoms with Crippen LogP contribution in [0.15, 0.2) is 90.7 Å². The van der Waals surface area contributed by atoms with Crippen molar-refractivity contribution in [3.05, 3.63) is 118 Å². The minimum atomic E-state index is -4.74. The number of fused-ring (bicyclic) bond motifs is 5. The van der Waals surface area contributed by atoms with Crippen molar-refractivity contribution < 1.29 is 102 Å². The zero-order valence-corrected chi connectivity index (χ0v) is 59.0. The zero-order chi connectivity index (χ0) is 73.4. The number of carbonyl (C=O) groups excluding carboxylic acids is 7. The highest BCUT2D eigenvalue weighted by molar-refractivity contribution is 8.07. The van der Waals surface area contributed by atoms with E-state index in [1.54, 1.807) is 49.4 Å². The van der Waals surface area contributed by atoms with Crippen LogP contribution in [-0.4, -0.2) is 233 Å². The number of carbonyl (C=O) groups is 7. The number of rotatable bonds is 34. The molecule has 2 bridgehead atoms. The third-order valence-corrected chi connectivity index (χ3v) is 19.4. The molecule has 4 aliphatic rings. The van der Waals surface area contributed by atoms with E-state index in [-0.39, 0.29) is 129 Å². The summed E-state index contributed by atoms with van der Waals surface area (Å²) in [4.78, 5) is 141. The number of amides is 5. The lowest BCUT2D eigenvalue weighted by atomic mass is 9.88. The first-order chi connectivity index (χ1) is 49.4. The van der Waals surface area contributed by atoms with Gasteiger partial charge >= 0.3 is 23.1 Å². The van der Waals surface area contributed by atoms with E-state index in [1.165, 1.54) is 58.2 Å². The fourth-order valence-corrected chi connectivity index (χ4v) is 13.7. The van der Waals surface area contributed by atoms with E-state index in [1.807, 2.05) is 13.8 Å². The average Bonchev–Trinajstić information content (AvgIpc) is 1.62. The van der Waals surface area contributed by atoms with Gasteiger partial charge in [0.2, 0.25) is 11.9 Å². The molecule has 10 rings (SSSR count). The molecule has 0 spiro atoms. The van der Waals surface area contributed by atoms with Gasteiger partial charge in [0, 0.05) is 69.5 Å². The highest BCUT2D eigenvalue weighted by Crippen LogP contribution is 2.51. The Morgan fingerprint density at radius 1 is 0.825 bits per heavy atom. The number of hydrogen-bond acceptors (Lipinski definition) is 27. The third-order valence-electron chi connectivity index (χ3n) is 16.8. The van der Waals surface area contributed by atoms with Gasteiger partial charge in [-0.3, -0.25) is 62.4 Å². The summed E-state index contributed by atoms with van der Waals surface area (Å²) in [5, 5.41) is 5.35. The van der Waals surface area contributed by atoms with Gasteiger partial charge in [-0.15, -0.1) is 0 Å². The van der Waals surface area contributed by atoms with Crippen molar-refractivity contribution in [1.82, 2.24) is 58.9 Å². The molecule has 556 valence electrons. The predicted molar refractivity (Wildman–Crippen MR) is 361 cm³/mol. The van der Waals surface area contributed by atoms with Crippen LogP contribution in [-0.2, 0) is 117 Å². The van der Waals surface area contributed by atoms with Gasteiger partial charge in [0.15, 0.2) is 41.2 Å². The molecule has 1 unspecified atom stereocenters. The number of imide groups is 1. The topological polar surface area (TPSA) is 425 Å². The molecule has 10 atom stereocenters. The Morgan fingerprint density at radius 2 is 1.48 bits per heavy atom. The van der Waals surface area contributed by atoms with E-state index < -0.39 is 109 Å². The number of imidazole rings is 2. The SMILES string of the molecule is CC(C)[C@H](CC(=O)CCOCCOCCOCCOCCOCCN1C(=O)C=CC1=O)C(=O)N[C@@H](C)C(=O)Cc1ccc(COC(=O)N(C)Cc2ccccc2C(=O)Nc2nc3c(ncn3[C@@H]3O[C@@H]4COP(O)(=S)O[C@H]5[C@@H](F)[C@H](n6cnc7cncnc76)O[C@@H]5CNS(=O)(=O)O[C@@H]3C4)c(=O)[nH]2)cc1. The van der Waals surface area contributed by atoms with Crippen LogP contribution >= 0.6 is 6.72 Å². The van der Waals surface area contributed by atoms with Crippen LogP contribution in [0.3, 0.4) is 0 Å². The van der Waals surface area contributed by atoms with E-state index in [0.29, 0.717) is 61.8 Å². The van der Waals surface area contributed by atoms with Crippen LogP contribution in [0, 0.1) is 11.8 Å². The Hall–Kier alpha value is -8.18. The minimum absolute atomic E-state index is 0.0177. The van der Waals surface area contributed by atoms with Gasteiger partial charge in [0.1, 0.15) is 42.5 Å². The quantitative estimate of drug-likeness (QED) is 0.0220. The Morgan fingerprint density at radius 3 is 2.17 bits per heavy atom. The monoisotopic (exact) mass is 1500 g/mol. The number of Topliss-reactive ketones (excluding diaryl/α,β-unsaturated/α-hetero) is 2. The number of hydrogen-bond donors (Lipinski definition) is 5. The van der Waals surface area contributed by atoms with E-state index in [2.05, 4.69) is 45.3 Å². The molecule has 0 radical (unpaired) electrons. The molecule has 5 amide bonds. The Balaban J connectivity index is 0.633. The molecule has 4 aliphatic heterocycles. The number of aromatic amines is 1.